The summed E-state index contributed by atoms with van der Waals surface area (Å²) < 4.78 is 18.4. The Morgan fingerprint density at radius 2 is 2.12 bits per heavy atom. The zero-order chi connectivity index (χ0) is 17.7. The quantitative estimate of drug-likeness (QED) is 0.833. The fourth-order valence-corrected chi connectivity index (χ4v) is 2.76. The van der Waals surface area contributed by atoms with Crippen LogP contribution in [-0.4, -0.2) is 52.7 Å². The summed E-state index contributed by atoms with van der Waals surface area (Å²) in [5.74, 6) is 0.488. The lowest BCUT2D eigenvalue weighted by Gasteiger charge is -2.23. The Labute approximate surface area is 145 Å². The van der Waals surface area contributed by atoms with Crippen LogP contribution in [-0.2, 0) is 4.79 Å². The maximum absolute atomic E-state index is 12.9. The number of aromatic nitrogens is 1. The highest BCUT2D eigenvalue weighted by Crippen LogP contribution is 2.23. The van der Waals surface area contributed by atoms with E-state index < -0.39 is 5.60 Å². The second kappa shape index (κ2) is 7.58. The van der Waals surface area contributed by atoms with Gasteiger partial charge in [0.2, 0.25) is 5.91 Å². The third-order valence-electron chi connectivity index (χ3n) is 4.03. The highest BCUT2D eigenvalue weighted by Gasteiger charge is 2.37. The summed E-state index contributed by atoms with van der Waals surface area (Å²) in [5, 5.41) is 13.3. The number of carbonyl (C=O) groups excluding carboxylic acids is 1. The topological polar surface area (TPSA) is 74.7 Å². The van der Waals surface area contributed by atoms with Crippen molar-refractivity contribution in [3.63, 3.8) is 0 Å². The van der Waals surface area contributed by atoms with Crippen LogP contribution in [0.25, 0.3) is 0 Å². The minimum Gasteiger partial charge on any atom is -0.491 e. The molecule has 7 heteroatoms. The molecule has 1 amide bonds. The van der Waals surface area contributed by atoms with Crippen LogP contribution in [0, 0.1) is 5.82 Å². The molecule has 2 aromatic rings. The Morgan fingerprint density at radius 1 is 1.32 bits per heavy atom. The van der Waals surface area contributed by atoms with E-state index in [9.17, 15) is 14.3 Å². The molecule has 2 N–H and O–H groups in total. The number of nitrogens with one attached hydrogen (secondary N) is 1. The smallest absolute Gasteiger partial charge is 0.239 e. The molecule has 3 rings (SSSR count). The minimum absolute atomic E-state index is 0.0942. The number of anilines is 1. The standard InChI is InChI=1S/C18H20FN3O3/c19-14-4-6-15(7-5-14)25-13-18(24)8-10-22(12-18)11-17(23)21-16-3-1-2-9-20-16/h1-7,9,24H,8,10-13H2,(H,20,21,23)/t18-/m0/s1. The van der Waals surface area contributed by atoms with Crippen molar-refractivity contribution < 1.29 is 19.0 Å². The average molecular weight is 345 g/mol. The van der Waals surface area contributed by atoms with Crippen molar-refractivity contribution in [1.82, 2.24) is 9.88 Å². The molecule has 2 heterocycles. The van der Waals surface area contributed by atoms with Gasteiger partial charge in [-0.2, -0.15) is 0 Å². The van der Waals surface area contributed by atoms with E-state index in [1.807, 2.05) is 4.90 Å². The van der Waals surface area contributed by atoms with Gasteiger partial charge in [0.25, 0.3) is 0 Å². The molecule has 0 spiro atoms. The molecule has 0 bridgehead atoms. The van der Waals surface area contributed by atoms with E-state index in [1.54, 1.807) is 24.4 Å². The van der Waals surface area contributed by atoms with E-state index in [4.69, 9.17) is 4.74 Å². The molecule has 1 aliphatic heterocycles. The number of rotatable bonds is 6. The Bertz CT molecular complexity index is 711. The minimum atomic E-state index is -1.03. The summed E-state index contributed by atoms with van der Waals surface area (Å²) in [6.45, 7) is 1.20. The van der Waals surface area contributed by atoms with Gasteiger partial charge in [-0.05, 0) is 42.8 Å². The average Bonchev–Trinajstić information content (AvgIpc) is 2.96. The summed E-state index contributed by atoms with van der Waals surface area (Å²) in [7, 11) is 0. The number of pyridine rings is 1. The Morgan fingerprint density at radius 3 is 2.84 bits per heavy atom. The van der Waals surface area contributed by atoms with E-state index in [0.29, 0.717) is 31.1 Å². The number of halogens is 1. The summed E-state index contributed by atoms with van der Waals surface area (Å²) in [4.78, 5) is 18.0. The van der Waals surface area contributed by atoms with Crippen LogP contribution >= 0.6 is 0 Å². The largest absolute Gasteiger partial charge is 0.491 e. The van der Waals surface area contributed by atoms with Crippen molar-refractivity contribution in [1.29, 1.82) is 0 Å². The van der Waals surface area contributed by atoms with Gasteiger partial charge in [-0.3, -0.25) is 9.69 Å². The molecular weight excluding hydrogens is 325 g/mol. The highest BCUT2D eigenvalue weighted by molar-refractivity contribution is 5.91. The summed E-state index contributed by atoms with van der Waals surface area (Å²) in [5.41, 5.74) is -1.03. The van der Waals surface area contributed by atoms with E-state index in [0.717, 1.165) is 0 Å². The van der Waals surface area contributed by atoms with Gasteiger partial charge in [0, 0.05) is 19.3 Å². The van der Waals surface area contributed by atoms with Crippen LogP contribution in [0.4, 0.5) is 10.2 Å². The van der Waals surface area contributed by atoms with Crippen LogP contribution in [0.5, 0.6) is 5.75 Å². The first-order valence-corrected chi connectivity index (χ1v) is 8.06. The molecule has 0 saturated carbocycles. The van der Waals surface area contributed by atoms with Gasteiger partial charge in [-0.1, -0.05) is 6.07 Å². The molecule has 1 atom stereocenters. The van der Waals surface area contributed by atoms with Gasteiger partial charge < -0.3 is 15.2 Å². The molecule has 1 aliphatic rings. The third-order valence-corrected chi connectivity index (χ3v) is 4.03. The lowest BCUT2D eigenvalue weighted by molar-refractivity contribution is -0.117. The van der Waals surface area contributed by atoms with Crippen molar-refractivity contribution >= 4 is 11.7 Å². The summed E-state index contributed by atoms with van der Waals surface area (Å²) in [6, 6.07) is 10.9. The van der Waals surface area contributed by atoms with Crippen molar-refractivity contribution in [2.75, 3.05) is 31.6 Å². The Balaban J connectivity index is 1.47. The van der Waals surface area contributed by atoms with Crippen LogP contribution in [0.3, 0.4) is 0 Å². The van der Waals surface area contributed by atoms with Crippen molar-refractivity contribution in [2.24, 2.45) is 0 Å². The first kappa shape index (κ1) is 17.3. The molecular formula is C18H20FN3O3. The number of amides is 1. The van der Waals surface area contributed by atoms with E-state index in [-0.39, 0.29) is 24.9 Å². The highest BCUT2D eigenvalue weighted by atomic mass is 19.1. The van der Waals surface area contributed by atoms with Crippen LogP contribution < -0.4 is 10.1 Å². The lowest BCUT2D eigenvalue weighted by Crippen LogP contribution is -2.41. The van der Waals surface area contributed by atoms with Crippen molar-refractivity contribution in [3.05, 3.63) is 54.5 Å². The number of ether oxygens (including phenoxy) is 1. The van der Waals surface area contributed by atoms with E-state index in [2.05, 4.69) is 10.3 Å². The van der Waals surface area contributed by atoms with Crippen LogP contribution in [0.1, 0.15) is 6.42 Å². The van der Waals surface area contributed by atoms with Crippen LogP contribution in [0.15, 0.2) is 48.7 Å². The molecule has 1 aromatic heterocycles. The second-order valence-corrected chi connectivity index (χ2v) is 6.19. The summed E-state index contributed by atoms with van der Waals surface area (Å²) in [6.07, 6.45) is 2.11. The second-order valence-electron chi connectivity index (χ2n) is 6.19. The predicted octanol–water partition coefficient (Wildman–Crippen LogP) is 1.67. The molecule has 1 fully saturated rings. The number of benzene rings is 1. The molecule has 0 radical (unpaired) electrons. The molecule has 132 valence electrons. The van der Waals surface area contributed by atoms with Gasteiger partial charge in [0.1, 0.15) is 29.6 Å². The number of hydrogen-bond donors (Lipinski definition) is 2. The zero-order valence-electron chi connectivity index (χ0n) is 13.7. The number of β-amino-alcohol motifs (C(OH)–C–C–N with tert-alkyl or cyclic N) is 1. The van der Waals surface area contributed by atoms with Gasteiger partial charge in [-0.25, -0.2) is 9.37 Å². The molecule has 6 nitrogen and oxygen atoms in total. The number of likely N-dealkylation sites (tertiary alicyclic amines) is 1. The fourth-order valence-electron chi connectivity index (χ4n) is 2.76. The first-order valence-electron chi connectivity index (χ1n) is 8.06. The Kier molecular flexibility index (Phi) is 5.25. The maximum Gasteiger partial charge on any atom is 0.239 e. The van der Waals surface area contributed by atoms with Crippen molar-refractivity contribution in [2.45, 2.75) is 12.0 Å². The zero-order valence-corrected chi connectivity index (χ0v) is 13.7. The monoisotopic (exact) mass is 345 g/mol. The number of carbonyl (C=O) groups is 1. The number of nitrogens with zero attached hydrogens (tertiary/aromatic N) is 2. The molecule has 25 heavy (non-hydrogen) atoms. The number of aliphatic hydroxyl groups is 1. The fraction of sp³-hybridized carbons (Fsp3) is 0.333. The van der Waals surface area contributed by atoms with E-state index in [1.165, 1.54) is 24.3 Å². The van der Waals surface area contributed by atoms with E-state index >= 15 is 0 Å². The third kappa shape index (κ3) is 4.98. The van der Waals surface area contributed by atoms with Gasteiger partial charge >= 0.3 is 0 Å². The molecule has 0 aliphatic carbocycles. The number of hydrogen-bond acceptors (Lipinski definition) is 5. The van der Waals surface area contributed by atoms with Crippen LogP contribution in [0.2, 0.25) is 0 Å². The molecule has 1 aromatic carbocycles. The van der Waals surface area contributed by atoms with Gasteiger partial charge in [-0.15, -0.1) is 0 Å². The first-order chi connectivity index (χ1) is 12.0. The summed E-state index contributed by atoms with van der Waals surface area (Å²) >= 11 is 0. The SMILES string of the molecule is O=C(CN1CC[C@@](O)(COc2ccc(F)cc2)C1)Nc1ccccn1. The predicted molar refractivity (Wildman–Crippen MR) is 90.8 cm³/mol. The normalized spacial score (nSPS) is 20.4. The molecule has 1 saturated heterocycles. The maximum atomic E-state index is 12.9. The van der Waals surface area contributed by atoms with Gasteiger partial charge in [0.05, 0.1) is 6.54 Å². The van der Waals surface area contributed by atoms with Crippen molar-refractivity contribution in [3.8, 4) is 5.75 Å². The van der Waals surface area contributed by atoms with Gasteiger partial charge in [0.15, 0.2) is 0 Å². The Hall–Kier alpha value is -2.51. The lowest BCUT2D eigenvalue weighted by atomic mass is 10.1. The molecule has 0 unspecified atom stereocenters.